The molecule has 9 rings (SSSR count). The number of para-hydroxylation sites is 6. The molecule has 0 radical (unpaired) electrons. The molecule has 0 atom stereocenters. The van der Waals surface area contributed by atoms with Gasteiger partial charge < -0.3 is 18.6 Å². The van der Waals surface area contributed by atoms with Crippen molar-refractivity contribution >= 4 is 128 Å². The zero-order valence-electron chi connectivity index (χ0n) is 31.5. The first-order chi connectivity index (χ1) is 28.3. The number of Topliss-reactive ketones (excluding diaryl/α,β-unsaturated/α-hetero) is 1. The van der Waals surface area contributed by atoms with E-state index in [1.54, 1.807) is 0 Å². The Labute approximate surface area is 375 Å². The number of carbonyl (C=O) groups excluding carboxylic acids is 1. The van der Waals surface area contributed by atoms with Gasteiger partial charge in [0.05, 0.1) is 32.1 Å². The number of fused-ring (bicyclic) bond motifs is 8. The van der Waals surface area contributed by atoms with Crippen molar-refractivity contribution in [1.82, 2.24) is 9.13 Å². The lowest BCUT2D eigenvalue weighted by molar-refractivity contribution is -0.120. The summed E-state index contributed by atoms with van der Waals surface area (Å²) in [6.07, 6.45) is 0.450. The fourth-order valence-corrected chi connectivity index (χ4v) is 6.97. The Balaban J connectivity index is 0.000000179. The summed E-state index contributed by atoms with van der Waals surface area (Å²) in [6.45, 7) is 1.87. The Morgan fingerprint density at radius 2 is 1.08 bits per heavy atom. The molecule has 0 saturated carbocycles. The van der Waals surface area contributed by atoms with Crippen molar-refractivity contribution in [2.45, 2.75) is 18.9 Å². The van der Waals surface area contributed by atoms with Gasteiger partial charge in [-0.3, -0.25) is 9.35 Å². The van der Waals surface area contributed by atoms with Crippen LogP contribution in [0.4, 0.5) is 13.2 Å². The van der Waals surface area contributed by atoms with Gasteiger partial charge in [-0.05, 0) is 58.4 Å². The highest BCUT2D eigenvalue weighted by molar-refractivity contribution is 14.1. The Morgan fingerprint density at radius 1 is 0.661 bits per heavy atom. The highest BCUT2D eigenvalue weighted by Crippen LogP contribution is 2.47. The number of hydrogen-bond acceptors (Lipinski definition) is 5. The van der Waals surface area contributed by atoms with Gasteiger partial charge >= 0.3 is 15.6 Å². The van der Waals surface area contributed by atoms with Gasteiger partial charge in [0, 0.05) is 28.0 Å². The van der Waals surface area contributed by atoms with E-state index in [1.165, 1.54) is 10.8 Å². The third-order valence-corrected chi connectivity index (χ3v) is 10.1. The highest BCUT2D eigenvalue weighted by atomic mass is 127. The number of ketones is 1. The summed E-state index contributed by atoms with van der Waals surface area (Å²) in [4.78, 5) is 15.7. The number of ether oxygens (including phenoxy) is 2. The molecule has 6 aromatic carbocycles. The predicted octanol–water partition coefficient (Wildman–Crippen LogP) is 13.8. The van der Waals surface area contributed by atoms with Crippen LogP contribution in [-0.2, 0) is 14.9 Å². The van der Waals surface area contributed by atoms with E-state index in [2.05, 4.69) is 109 Å². The first kappa shape index (κ1) is 46.0. The lowest BCUT2D eigenvalue weighted by Gasteiger charge is -2.21. The normalized spacial score (nSPS) is 11.4. The Morgan fingerprint density at radius 3 is 1.61 bits per heavy atom. The van der Waals surface area contributed by atoms with E-state index in [1.807, 2.05) is 89.6 Å². The number of nitrogens with zero attached hydrogens (tertiary/aromatic N) is 2. The monoisotopic (exact) mass is 1090 g/mol. The van der Waals surface area contributed by atoms with Gasteiger partial charge in [0.25, 0.3) is 0 Å². The molecule has 0 unspecified atom stereocenters. The van der Waals surface area contributed by atoms with E-state index in [4.69, 9.17) is 45.6 Å². The Hall–Kier alpha value is -4.07. The van der Waals surface area contributed by atoms with Gasteiger partial charge in [-0.15, -0.1) is 0 Å². The van der Waals surface area contributed by atoms with Crippen molar-refractivity contribution in [2.75, 3.05) is 16.5 Å². The fraction of sp³-hybridized carbons (Fsp3) is 0.140. The number of benzene rings is 6. The van der Waals surface area contributed by atoms with Crippen LogP contribution in [0.1, 0.15) is 13.3 Å². The molecule has 0 amide bonds. The van der Waals surface area contributed by atoms with E-state index >= 15 is 0 Å². The average molecular weight is 1090 g/mol. The third kappa shape index (κ3) is 9.62. The minimum Gasteiger partial charge on any atom is -0.484 e. The molecular weight excluding hydrogens is 1050 g/mol. The largest absolute Gasteiger partial charge is 0.522 e. The molecule has 1 N–H and O–H groups in total. The van der Waals surface area contributed by atoms with Crippen molar-refractivity contribution in [2.24, 2.45) is 0 Å². The van der Waals surface area contributed by atoms with Gasteiger partial charge in [0.1, 0.15) is 23.7 Å². The van der Waals surface area contributed by atoms with Crippen molar-refractivity contribution < 1.29 is 40.4 Å². The van der Waals surface area contributed by atoms with E-state index in [9.17, 15) is 18.0 Å². The molecule has 1 aliphatic heterocycles. The van der Waals surface area contributed by atoms with Crippen LogP contribution in [0.2, 0.25) is 10.0 Å². The third-order valence-electron chi connectivity index (χ3n) is 8.88. The number of halogens is 7. The molecule has 0 saturated heterocycles. The number of alkyl halides is 5. The smallest absolute Gasteiger partial charge is 0.484 e. The van der Waals surface area contributed by atoms with Crippen LogP contribution >= 0.6 is 68.4 Å². The summed E-state index contributed by atoms with van der Waals surface area (Å²) in [5.41, 5.74) is 0.478. The summed E-state index contributed by atoms with van der Waals surface area (Å²) in [7, 11) is -5.84. The number of aromatic nitrogens is 2. The maximum absolute atomic E-state index is 11.7. The van der Waals surface area contributed by atoms with E-state index in [-0.39, 0.29) is 12.4 Å². The topological polar surface area (TPSA) is 99.8 Å². The van der Waals surface area contributed by atoms with Crippen molar-refractivity contribution in [1.29, 1.82) is 0 Å². The lowest BCUT2D eigenvalue weighted by Crippen LogP contribution is -2.21. The number of hydrogen-bond donors (Lipinski definition) is 1. The van der Waals surface area contributed by atoms with Gasteiger partial charge in [0.15, 0.2) is 17.3 Å². The quantitative estimate of drug-likeness (QED) is 0.0798. The summed E-state index contributed by atoms with van der Waals surface area (Å²) in [5, 5.41) is 5.99. The van der Waals surface area contributed by atoms with Crippen LogP contribution in [-0.4, -0.2) is 49.9 Å². The summed E-state index contributed by atoms with van der Waals surface area (Å²) < 4.78 is 73.8. The SMILES string of the molecule is CCC(=O)COc1cccc(Cl)c1-n1c2ccccc2c2ccccc21.CI.CI.Clc1cccc2c1-n1c3ccccc3c3cccc(c31)O2.O=S(=O)(O)C(F)(F)F. The molecule has 1 aliphatic rings. The average Bonchev–Trinajstić information content (AvgIpc) is 3.75. The fourth-order valence-electron chi connectivity index (χ4n) is 6.47. The molecule has 2 aromatic heterocycles. The van der Waals surface area contributed by atoms with Crippen LogP contribution in [0, 0.1) is 0 Å². The molecule has 16 heteroatoms. The number of rotatable bonds is 5. The van der Waals surface area contributed by atoms with Crippen LogP contribution in [0.3, 0.4) is 0 Å². The number of carbonyl (C=O) groups is 1. The molecule has 0 spiro atoms. The zero-order valence-corrected chi connectivity index (χ0v) is 38.1. The van der Waals surface area contributed by atoms with Crippen molar-refractivity contribution in [3.63, 3.8) is 0 Å². The van der Waals surface area contributed by atoms with Crippen LogP contribution < -0.4 is 9.47 Å². The maximum atomic E-state index is 11.7. The maximum Gasteiger partial charge on any atom is 0.522 e. The summed E-state index contributed by atoms with van der Waals surface area (Å²) in [5.74, 6) is 2.33. The van der Waals surface area contributed by atoms with Crippen LogP contribution in [0.25, 0.3) is 55.0 Å². The van der Waals surface area contributed by atoms with E-state index in [0.29, 0.717) is 22.2 Å². The van der Waals surface area contributed by atoms with E-state index < -0.39 is 15.6 Å². The minimum atomic E-state index is -5.84. The van der Waals surface area contributed by atoms with Gasteiger partial charge in [-0.2, -0.15) is 21.6 Å². The standard InChI is InChI=1S/C22H18ClNO2.C18H10ClNO.CHF3O3S.2CH3I/c1-2-15(25)14-26-21-13-7-10-18(23)22(21)24-19-11-5-3-8-16(19)17-9-4-6-12-20(17)24;19-13-7-4-10-16-18(13)20-14-8-2-1-5-11(14)12-6-3-9-15(21-16)17(12)20;2-1(3,4)8(5,6)7;2*1-2/h3-13H,2,14H2,1H3;1-10H;(H,5,6,7);2*1H3. The van der Waals surface area contributed by atoms with E-state index in [0.717, 1.165) is 55.7 Å². The molecule has 0 bridgehead atoms. The second-order valence-corrected chi connectivity index (χ2v) is 14.5. The molecule has 3 heterocycles. The molecule has 8 nitrogen and oxygen atoms in total. The molecule has 8 aromatic rings. The van der Waals surface area contributed by atoms with Crippen LogP contribution in [0.5, 0.6) is 17.2 Å². The second-order valence-electron chi connectivity index (χ2n) is 12.3. The summed E-state index contributed by atoms with van der Waals surface area (Å²) >= 11 is 17.3. The van der Waals surface area contributed by atoms with Gasteiger partial charge in [-0.1, -0.05) is 154 Å². The van der Waals surface area contributed by atoms with Crippen LogP contribution in [0.15, 0.2) is 127 Å². The zero-order chi connectivity index (χ0) is 43.1. The molecule has 0 aliphatic carbocycles. The van der Waals surface area contributed by atoms with Crippen molar-refractivity contribution in [3.8, 4) is 28.6 Å². The lowest BCUT2D eigenvalue weighted by atomic mass is 10.1. The molecular formula is C43H35Cl2F3I2N2O6S. The molecule has 59 heavy (non-hydrogen) atoms. The minimum absolute atomic E-state index is 0.0426. The Bertz CT molecular complexity index is 2830. The Kier molecular flexibility index (Phi) is 15.6. The predicted molar refractivity (Wildman–Crippen MR) is 250 cm³/mol. The summed E-state index contributed by atoms with van der Waals surface area (Å²) in [6, 6.07) is 42.3. The molecule has 0 fully saturated rings. The highest BCUT2D eigenvalue weighted by Gasteiger charge is 2.44. The molecule has 308 valence electrons. The van der Waals surface area contributed by atoms with Gasteiger partial charge in [-0.25, -0.2) is 0 Å². The van der Waals surface area contributed by atoms with Gasteiger partial charge in [0.2, 0.25) is 0 Å². The second kappa shape index (κ2) is 20.0. The van der Waals surface area contributed by atoms with Crippen molar-refractivity contribution in [3.05, 3.63) is 137 Å². The first-order valence-electron chi connectivity index (χ1n) is 17.5. The first-order valence-corrected chi connectivity index (χ1v) is 24.0.